The van der Waals surface area contributed by atoms with Gasteiger partial charge in [0.25, 0.3) is 0 Å². The van der Waals surface area contributed by atoms with E-state index in [1.54, 1.807) is 6.08 Å². The van der Waals surface area contributed by atoms with E-state index in [9.17, 15) is 4.79 Å². The number of allylic oxidation sites excluding steroid dienone is 2. The Balaban J connectivity index is 3.56. The number of halogens is 1. The summed E-state index contributed by atoms with van der Waals surface area (Å²) < 4.78 is 0. The fourth-order valence-electron chi connectivity index (χ4n) is 0.340. The molecule has 8 heavy (non-hydrogen) atoms. The van der Waals surface area contributed by atoms with Gasteiger partial charge in [-0.15, -0.1) is 0 Å². The lowest BCUT2D eigenvalue weighted by Gasteiger charge is -1.88. The summed E-state index contributed by atoms with van der Waals surface area (Å²) in [5, 5.41) is 0.623. The Hall–Kier alpha value is -0.300. The highest BCUT2D eigenvalue weighted by Gasteiger charge is 1.93. The van der Waals surface area contributed by atoms with Gasteiger partial charge in [0.05, 0.1) is 0 Å². The zero-order chi connectivity index (χ0) is 6.57. The molecule has 0 fully saturated rings. The second-order valence-electron chi connectivity index (χ2n) is 1.61. The van der Waals surface area contributed by atoms with Crippen molar-refractivity contribution in [2.45, 2.75) is 20.3 Å². The molecule has 0 aliphatic heterocycles. The van der Waals surface area contributed by atoms with Gasteiger partial charge in [0.2, 0.25) is 0 Å². The van der Waals surface area contributed by atoms with Gasteiger partial charge in [0.15, 0.2) is 0 Å². The summed E-state index contributed by atoms with van der Waals surface area (Å²) in [5.74, 6) is 0.105. The first-order valence-electron chi connectivity index (χ1n) is 2.47. The van der Waals surface area contributed by atoms with E-state index in [0.29, 0.717) is 11.5 Å². The Kier molecular flexibility index (Phi) is 3.53. The van der Waals surface area contributed by atoms with Crippen molar-refractivity contribution in [2.24, 2.45) is 0 Å². The van der Waals surface area contributed by atoms with Crippen LogP contribution < -0.4 is 0 Å². The molecule has 0 aromatic rings. The third-order valence-electron chi connectivity index (χ3n) is 0.731. The molecule has 0 heterocycles. The van der Waals surface area contributed by atoms with E-state index in [1.807, 2.05) is 6.92 Å². The average molecular weight is 133 g/mol. The van der Waals surface area contributed by atoms with E-state index < -0.39 is 0 Å². The number of hydrogen-bond donors (Lipinski definition) is 0. The topological polar surface area (TPSA) is 17.1 Å². The number of ketones is 1. The van der Waals surface area contributed by atoms with Gasteiger partial charge in [0.1, 0.15) is 5.78 Å². The summed E-state index contributed by atoms with van der Waals surface area (Å²) in [4.78, 5) is 10.3. The largest absolute Gasteiger partial charge is 0.300 e. The molecular formula is C6H9ClO. The van der Waals surface area contributed by atoms with Crippen molar-refractivity contribution in [1.29, 1.82) is 0 Å². The van der Waals surface area contributed by atoms with Crippen LogP contribution in [0.1, 0.15) is 20.3 Å². The van der Waals surface area contributed by atoms with Gasteiger partial charge in [-0.25, -0.2) is 0 Å². The summed E-state index contributed by atoms with van der Waals surface area (Å²) in [6.07, 6.45) is 2.10. The van der Waals surface area contributed by atoms with Crippen molar-refractivity contribution in [3.05, 3.63) is 11.1 Å². The van der Waals surface area contributed by atoms with Crippen molar-refractivity contribution in [1.82, 2.24) is 0 Å². The number of hydrogen-bond acceptors (Lipinski definition) is 1. The molecule has 0 rings (SSSR count). The molecule has 0 aromatic carbocycles. The summed E-state index contributed by atoms with van der Waals surface area (Å²) in [6, 6.07) is 0. The van der Waals surface area contributed by atoms with Crippen LogP contribution >= 0.6 is 11.6 Å². The van der Waals surface area contributed by atoms with Gasteiger partial charge in [-0.3, -0.25) is 4.79 Å². The maximum absolute atomic E-state index is 10.3. The van der Waals surface area contributed by atoms with E-state index in [0.717, 1.165) is 0 Å². The van der Waals surface area contributed by atoms with Crippen LogP contribution in [0.15, 0.2) is 11.1 Å². The summed E-state index contributed by atoms with van der Waals surface area (Å²) in [6.45, 7) is 3.33. The Labute approximate surface area is 54.3 Å². The molecule has 2 heteroatoms. The van der Waals surface area contributed by atoms with E-state index in [1.165, 1.54) is 6.92 Å². The molecule has 0 N–H and O–H groups in total. The van der Waals surface area contributed by atoms with E-state index in [2.05, 4.69) is 0 Å². The van der Waals surface area contributed by atoms with Gasteiger partial charge in [0, 0.05) is 11.5 Å². The molecule has 0 spiro atoms. The summed E-state index contributed by atoms with van der Waals surface area (Å²) in [5.41, 5.74) is 0. The first-order valence-corrected chi connectivity index (χ1v) is 2.84. The second-order valence-corrected chi connectivity index (χ2v) is 2.10. The highest BCUT2D eigenvalue weighted by atomic mass is 35.5. The number of Topliss-reactive ketones (excluding diaryl/α,β-unsaturated/α-hetero) is 1. The third-order valence-corrected chi connectivity index (χ3v) is 1.08. The molecule has 0 aliphatic carbocycles. The Morgan fingerprint density at radius 1 is 1.75 bits per heavy atom. The van der Waals surface area contributed by atoms with E-state index in [-0.39, 0.29) is 5.78 Å². The molecular weight excluding hydrogens is 124 g/mol. The van der Waals surface area contributed by atoms with Crippen molar-refractivity contribution >= 4 is 17.4 Å². The Morgan fingerprint density at radius 3 is 2.38 bits per heavy atom. The summed E-state index contributed by atoms with van der Waals surface area (Å²) >= 11 is 5.50. The Morgan fingerprint density at radius 2 is 2.25 bits per heavy atom. The molecule has 46 valence electrons. The van der Waals surface area contributed by atoms with Crippen molar-refractivity contribution in [2.75, 3.05) is 0 Å². The van der Waals surface area contributed by atoms with Crippen molar-refractivity contribution < 1.29 is 4.79 Å². The molecule has 0 unspecified atom stereocenters. The maximum atomic E-state index is 10.3. The monoisotopic (exact) mass is 132 g/mol. The van der Waals surface area contributed by atoms with Gasteiger partial charge >= 0.3 is 0 Å². The lowest BCUT2D eigenvalue weighted by molar-refractivity contribution is -0.116. The van der Waals surface area contributed by atoms with Crippen LogP contribution in [0.5, 0.6) is 0 Å². The minimum Gasteiger partial charge on any atom is -0.300 e. The zero-order valence-corrected chi connectivity index (χ0v) is 5.83. The lowest BCUT2D eigenvalue weighted by atomic mass is 10.3. The standard InChI is InChI=1S/C6H9ClO/c1-3-6(7)4-5(2)8/h3H,4H2,1-2H3/b6-3-. The number of rotatable bonds is 2. The van der Waals surface area contributed by atoms with Crippen LogP contribution in [0.25, 0.3) is 0 Å². The van der Waals surface area contributed by atoms with Crippen molar-refractivity contribution in [3.8, 4) is 0 Å². The maximum Gasteiger partial charge on any atom is 0.135 e. The zero-order valence-electron chi connectivity index (χ0n) is 5.07. The first-order chi connectivity index (χ1) is 3.66. The number of carbonyl (C=O) groups excluding carboxylic acids is 1. The molecule has 0 bridgehead atoms. The average Bonchev–Trinajstić information content (AvgIpc) is 1.65. The smallest absolute Gasteiger partial charge is 0.135 e. The molecule has 0 saturated heterocycles. The van der Waals surface area contributed by atoms with Gasteiger partial charge in [-0.2, -0.15) is 0 Å². The molecule has 0 amide bonds. The highest BCUT2D eigenvalue weighted by molar-refractivity contribution is 6.30. The first kappa shape index (κ1) is 7.70. The van der Waals surface area contributed by atoms with Crippen LogP contribution in [0.3, 0.4) is 0 Å². The molecule has 0 atom stereocenters. The van der Waals surface area contributed by atoms with Crippen LogP contribution in [-0.2, 0) is 4.79 Å². The van der Waals surface area contributed by atoms with Gasteiger partial charge < -0.3 is 0 Å². The SMILES string of the molecule is C/C=C(\Cl)CC(C)=O. The highest BCUT2D eigenvalue weighted by Crippen LogP contribution is 2.05. The minimum atomic E-state index is 0.105. The summed E-state index contributed by atoms with van der Waals surface area (Å²) in [7, 11) is 0. The van der Waals surface area contributed by atoms with Crippen molar-refractivity contribution in [3.63, 3.8) is 0 Å². The normalized spacial score (nSPS) is 11.6. The predicted octanol–water partition coefficient (Wildman–Crippen LogP) is 2.11. The minimum absolute atomic E-state index is 0.105. The van der Waals surface area contributed by atoms with Crippen LogP contribution in [0.4, 0.5) is 0 Å². The Bertz CT molecular complexity index is 116. The second kappa shape index (κ2) is 3.67. The number of carbonyl (C=O) groups is 1. The van der Waals surface area contributed by atoms with Crippen LogP contribution in [-0.4, -0.2) is 5.78 Å². The fraction of sp³-hybridized carbons (Fsp3) is 0.500. The quantitative estimate of drug-likeness (QED) is 0.563. The van der Waals surface area contributed by atoms with Gasteiger partial charge in [-0.1, -0.05) is 17.7 Å². The van der Waals surface area contributed by atoms with Crippen LogP contribution in [0, 0.1) is 0 Å². The van der Waals surface area contributed by atoms with Gasteiger partial charge in [-0.05, 0) is 13.8 Å². The van der Waals surface area contributed by atoms with E-state index in [4.69, 9.17) is 11.6 Å². The molecule has 0 radical (unpaired) electrons. The molecule has 1 nitrogen and oxygen atoms in total. The lowest BCUT2D eigenvalue weighted by Crippen LogP contribution is -1.87. The predicted molar refractivity (Wildman–Crippen MR) is 34.9 cm³/mol. The fourth-order valence-corrected chi connectivity index (χ4v) is 0.528. The molecule has 0 aliphatic rings. The molecule has 0 aromatic heterocycles. The van der Waals surface area contributed by atoms with Crippen LogP contribution in [0.2, 0.25) is 0 Å². The van der Waals surface area contributed by atoms with E-state index >= 15 is 0 Å². The third kappa shape index (κ3) is 3.88. The molecule has 0 saturated carbocycles.